The van der Waals surface area contributed by atoms with E-state index in [4.69, 9.17) is 10.2 Å². The fourth-order valence-electron chi connectivity index (χ4n) is 0.192. The van der Waals surface area contributed by atoms with Crippen LogP contribution in [0.3, 0.4) is 0 Å². The number of hydrogen-bond acceptors (Lipinski definition) is 2. The van der Waals surface area contributed by atoms with Gasteiger partial charge >= 0.3 is 0 Å². The van der Waals surface area contributed by atoms with Gasteiger partial charge in [-0.2, -0.15) is 0 Å². The van der Waals surface area contributed by atoms with Crippen LogP contribution in [0, 0.1) is 0 Å². The van der Waals surface area contributed by atoms with Gasteiger partial charge in [-0.15, -0.1) is 0 Å². The predicted octanol–water partition coefficient (Wildman–Crippen LogP) is 1.69. The first-order valence-electron chi connectivity index (χ1n) is 2.07. The molecule has 0 heterocycles. The average Bonchev–Trinajstić information content (AvgIpc) is 1.61. The van der Waals surface area contributed by atoms with Crippen molar-refractivity contribution >= 4 is 0 Å². The lowest BCUT2D eigenvalue weighted by atomic mass is 10.4. The van der Waals surface area contributed by atoms with Crippen molar-refractivity contribution < 1.29 is 10.2 Å². The fourth-order valence-corrected chi connectivity index (χ4v) is 0.192. The van der Waals surface area contributed by atoms with Crippen molar-refractivity contribution in [1.29, 1.82) is 0 Å². The maximum Gasteiger partial charge on any atom is 0.108 e. The van der Waals surface area contributed by atoms with E-state index in [1.165, 1.54) is 12.2 Å². The molecule has 0 aliphatic heterocycles. The molecule has 2 heteroatoms. The smallest absolute Gasteiger partial charge is 0.108 e. The molecule has 8 heavy (non-hydrogen) atoms. The summed E-state index contributed by atoms with van der Waals surface area (Å²) >= 11 is 0. The molecule has 0 aromatic heterocycles. The first-order valence-corrected chi connectivity index (χ1v) is 2.07. The van der Waals surface area contributed by atoms with Gasteiger partial charge in [0.15, 0.2) is 0 Å². The van der Waals surface area contributed by atoms with Gasteiger partial charge in [-0.25, -0.2) is 0 Å². The molecule has 2 N–H and O–H groups in total. The molecule has 0 spiro atoms. The number of allylic oxidation sites excluding steroid dienone is 2. The van der Waals surface area contributed by atoms with E-state index in [1.807, 2.05) is 0 Å². The van der Waals surface area contributed by atoms with Crippen molar-refractivity contribution in [2.45, 2.75) is 0 Å². The third kappa shape index (κ3) is 4.82. The molecule has 0 unspecified atom stereocenters. The third-order valence-electron chi connectivity index (χ3n) is 0.468. The first-order chi connectivity index (χ1) is 3.63. The summed E-state index contributed by atoms with van der Waals surface area (Å²) in [7, 11) is 0. The van der Waals surface area contributed by atoms with E-state index in [-0.39, 0.29) is 11.5 Å². The van der Waals surface area contributed by atoms with Crippen LogP contribution >= 0.6 is 0 Å². The van der Waals surface area contributed by atoms with Crippen LogP contribution in [0.2, 0.25) is 0 Å². The molecule has 0 saturated carbocycles. The van der Waals surface area contributed by atoms with Crippen LogP contribution in [-0.2, 0) is 0 Å². The van der Waals surface area contributed by atoms with Crippen LogP contribution in [-0.4, -0.2) is 10.2 Å². The molecule has 0 aromatic rings. The van der Waals surface area contributed by atoms with Crippen LogP contribution in [0.25, 0.3) is 0 Å². The molecular weight excluding hydrogens is 104 g/mol. The molecular formula is C6H8O2. The minimum atomic E-state index is -0.0970. The summed E-state index contributed by atoms with van der Waals surface area (Å²) in [5, 5.41) is 16.7. The third-order valence-corrected chi connectivity index (χ3v) is 0.468. The first kappa shape index (κ1) is 6.82. The van der Waals surface area contributed by atoms with Crippen LogP contribution < -0.4 is 0 Å². The summed E-state index contributed by atoms with van der Waals surface area (Å²) in [6.07, 6.45) is 2.50. The Morgan fingerprint density at radius 2 is 1.25 bits per heavy atom. The lowest BCUT2D eigenvalue weighted by molar-refractivity contribution is 0.425. The number of aliphatic hydroxyl groups excluding tert-OH is 2. The lowest BCUT2D eigenvalue weighted by Crippen LogP contribution is -1.70. The highest BCUT2D eigenvalue weighted by Crippen LogP contribution is 1.89. The molecule has 2 nitrogen and oxygen atoms in total. The lowest BCUT2D eigenvalue weighted by Gasteiger charge is -1.83. The molecule has 0 aliphatic carbocycles. The molecule has 0 amide bonds. The van der Waals surface area contributed by atoms with E-state index in [2.05, 4.69) is 13.2 Å². The molecule has 0 bridgehead atoms. The monoisotopic (exact) mass is 112 g/mol. The Balaban J connectivity index is 3.67. The topological polar surface area (TPSA) is 40.5 Å². The minimum absolute atomic E-state index is 0.0970. The molecule has 0 saturated heterocycles. The zero-order valence-corrected chi connectivity index (χ0v) is 4.46. The number of aliphatic hydroxyl groups is 2. The second kappa shape index (κ2) is 2.91. The van der Waals surface area contributed by atoms with Gasteiger partial charge in [-0.05, 0) is 12.2 Å². The van der Waals surface area contributed by atoms with E-state index in [0.717, 1.165) is 0 Å². The molecule has 0 atom stereocenters. The highest BCUT2D eigenvalue weighted by Gasteiger charge is 1.76. The van der Waals surface area contributed by atoms with Gasteiger partial charge in [0.2, 0.25) is 0 Å². The maximum absolute atomic E-state index is 8.37. The van der Waals surface area contributed by atoms with Gasteiger partial charge < -0.3 is 10.2 Å². The number of hydrogen-bond donors (Lipinski definition) is 2. The Morgan fingerprint density at radius 3 is 1.38 bits per heavy atom. The van der Waals surface area contributed by atoms with Crippen LogP contribution in [0.4, 0.5) is 0 Å². The molecule has 0 radical (unpaired) electrons. The van der Waals surface area contributed by atoms with Crippen LogP contribution in [0.1, 0.15) is 0 Å². The Labute approximate surface area is 48.1 Å². The summed E-state index contributed by atoms with van der Waals surface area (Å²) in [4.78, 5) is 0. The summed E-state index contributed by atoms with van der Waals surface area (Å²) in [5.74, 6) is -0.194. The van der Waals surface area contributed by atoms with Gasteiger partial charge in [0.1, 0.15) is 11.5 Å². The van der Waals surface area contributed by atoms with E-state index < -0.39 is 0 Å². The van der Waals surface area contributed by atoms with Crippen molar-refractivity contribution in [2.75, 3.05) is 0 Å². The van der Waals surface area contributed by atoms with Crippen LogP contribution in [0.15, 0.2) is 36.8 Å². The Morgan fingerprint density at radius 1 is 1.00 bits per heavy atom. The van der Waals surface area contributed by atoms with Gasteiger partial charge in [-0.1, -0.05) is 13.2 Å². The minimum Gasteiger partial charge on any atom is -0.509 e. The van der Waals surface area contributed by atoms with E-state index in [0.29, 0.717) is 0 Å². The summed E-state index contributed by atoms with van der Waals surface area (Å²) < 4.78 is 0. The van der Waals surface area contributed by atoms with Crippen molar-refractivity contribution in [3.63, 3.8) is 0 Å². The van der Waals surface area contributed by atoms with Crippen molar-refractivity contribution in [3.05, 3.63) is 36.8 Å². The molecule has 44 valence electrons. The molecule has 0 aliphatic rings. The van der Waals surface area contributed by atoms with Crippen molar-refractivity contribution in [2.24, 2.45) is 0 Å². The fraction of sp³-hybridized carbons (Fsp3) is 0. The molecule has 0 aromatic carbocycles. The second-order valence-corrected chi connectivity index (χ2v) is 1.32. The van der Waals surface area contributed by atoms with Gasteiger partial charge in [0.05, 0.1) is 0 Å². The second-order valence-electron chi connectivity index (χ2n) is 1.32. The average molecular weight is 112 g/mol. The summed E-state index contributed by atoms with van der Waals surface area (Å²) in [6, 6.07) is 0. The van der Waals surface area contributed by atoms with Gasteiger partial charge in [0.25, 0.3) is 0 Å². The summed E-state index contributed by atoms with van der Waals surface area (Å²) in [5.41, 5.74) is 0. The predicted molar refractivity (Wildman–Crippen MR) is 32.7 cm³/mol. The van der Waals surface area contributed by atoms with Crippen molar-refractivity contribution in [1.82, 2.24) is 0 Å². The zero-order valence-electron chi connectivity index (χ0n) is 4.46. The summed E-state index contributed by atoms with van der Waals surface area (Å²) in [6.45, 7) is 6.29. The quantitative estimate of drug-likeness (QED) is 0.421. The molecule has 0 fully saturated rings. The Kier molecular flexibility index (Phi) is 2.48. The van der Waals surface area contributed by atoms with E-state index >= 15 is 0 Å². The van der Waals surface area contributed by atoms with Gasteiger partial charge in [0, 0.05) is 0 Å². The zero-order chi connectivity index (χ0) is 6.57. The largest absolute Gasteiger partial charge is 0.509 e. The van der Waals surface area contributed by atoms with Crippen molar-refractivity contribution in [3.8, 4) is 0 Å². The normalized spacial score (nSPS) is 9.50. The van der Waals surface area contributed by atoms with Crippen LogP contribution in [0.5, 0.6) is 0 Å². The highest BCUT2D eigenvalue weighted by atomic mass is 16.3. The van der Waals surface area contributed by atoms with E-state index in [1.54, 1.807) is 0 Å². The Hall–Kier alpha value is -1.18. The molecule has 0 rings (SSSR count). The Bertz CT molecular complexity index is 117. The van der Waals surface area contributed by atoms with Gasteiger partial charge in [-0.3, -0.25) is 0 Å². The highest BCUT2D eigenvalue weighted by molar-refractivity contribution is 5.14. The number of rotatable bonds is 2. The standard InChI is InChI=1S/C6H8O2/c1-5(7)3-4-6(2)8/h3-4,7-8H,1-2H2/b4-3+. The maximum atomic E-state index is 8.37. The SMILES string of the molecule is C=C(O)/C=C/C(=C)O. The van der Waals surface area contributed by atoms with E-state index in [9.17, 15) is 0 Å².